The number of carbonyl (C=O) groups is 2. The molecule has 0 aliphatic carbocycles. The standard InChI is InChI=1S/C16H21NO4/c1-16(2,3)21-14(18)13-9-17(10-13)15(19)20-11-12-7-5-4-6-8-12/h4-8,13H,9-11H2,1-3H3. The minimum atomic E-state index is -0.495. The number of benzene rings is 1. The van der Waals surface area contributed by atoms with Crippen LogP contribution >= 0.6 is 0 Å². The highest BCUT2D eigenvalue weighted by Gasteiger charge is 2.39. The highest BCUT2D eigenvalue weighted by Crippen LogP contribution is 2.21. The van der Waals surface area contributed by atoms with Crippen LogP contribution in [0.3, 0.4) is 0 Å². The number of esters is 1. The van der Waals surface area contributed by atoms with Crippen molar-refractivity contribution < 1.29 is 19.1 Å². The molecule has 0 radical (unpaired) electrons. The van der Waals surface area contributed by atoms with Crippen LogP contribution in [0, 0.1) is 5.92 Å². The maximum absolute atomic E-state index is 11.8. The molecule has 2 rings (SSSR count). The van der Waals surface area contributed by atoms with Gasteiger partial charge in [0, 0.05) is 13.1 Å². The van der Waals surface area contributed by atoms with Crippen molar-refractivity contribution in [3.05, 3.63) is 35.9 Å². The lowest BCUT2D eigenvalue weighted by Crippen LogP contribution is -2.54. The molecule has 1 saturated heterocycles. The molecule has 0 aromatic heterocycles. The number of amides is 1. The predicted molar refractivity (Wildman–Crippen MR) is 77.5 cm³/mol. The SMILES string of the molecule is CC(C)(C)OC(=O)C1CN(C(=O)OCc2ccccc2)C1. The molecule has 21 heavy (non-hydrogen) atoms. The van der Waals surface area contributed by atoms with Crippen molar-refractivity contribution in [2.45, 2.75) is 33.0 Å². The lowest BCUT2D eigenvalue weighted by atomic mass is 10.0. The summed E-state index contributed by atoms with van der Waals surface area (Å²) in [6, 6.07) is 9.49. The summed E-state index contributed by atoms with van der Waals surface area (Å²) in [5, 5.41) is 0. The Hall–Kier alpha value is -2.04. The average Bonchev–Trinajstić information content (AvgIpc) is 2.33. The van der Waals surface area contributed by atoms with Gasteiger partial charge >= 0.3 is 12.1 Å². The van der Waals surface area contributed by atoms with E-state index in [1.807, 2.05) is 51.1 Å². The van der Waals surface area contributed by atoms with Gasteiger partial charge in [-0.2, -0.15) is 0 Å². The number of ether oxygens (including phenoxy) is 2. The van der Waals surface area contributed by atoms with Gasteiger partial charge < -0.3 is 14.4 Å². The van der Waals surface area contributed by atoms with E-state index < -0.39 is 11.7 Å². The topological polar surface area (TPSA) is 55.8 Å². The Balaban J connectivity index is 1.72. The van der Waals surface area contributed by atoms with Crippen molar-refractivity contribution in [1.29, 1.82) is 0 Å². The number of hydrogen-bond donors (Lipinski definition) is 0. The molecule has 0 N–H and O–H groups in total. The second kappa shape index (κ2) is 6.16. The molecule has 0 bridgehead atoms. The smallest absolute Gasteiger partial charge is 0.410 e. The highest BCUT2D eigenvalue weighted by atomic mass is 16.6. The summed E-state index contributed by atoms with van der Waals surface area (Å²) in [5.41, 5.74) is 0.445. The molecule has 5 heteroatoms. The molecule has 1 aliphatic heterocycles. The van der Waals surface area contributed by atoms with Crippen molar-refractivity contribution >= 4 is 12.1 Å². The Bertz CT molecular complexity index is 501. The second-order valence-electron chi connectivity index (χ2n) is 6.18. The van der Waals surface area contributed by atoms with Crippen LogP contribution in [0.25, 0.3) is 0 Å². The Morgan fingerprint density at radius 3 is 2.38 bits per heavy atom. The Labute approximate surface area is 124 Å². The number of likely N-dealkylation sites (tertiary alicyclic amines) is 1. The first-order chi connectivity index (χ1) is 9.85. The molecule has 0 spiro atoms. The fourth-order valence-electron chi connectivity index (χ4n) is 1.97. The fourth-order valence-corrected chi connectivity index (χ4v) is 1.97. The molecule has 1 aromatic carbocycles. The van der Waals surface area contributed by atoms with E-state index in [9.17, 15) is 9.59 Å². The lowest BCUT2D eigenvalue weighted by Gasteiger charge is -2.37. The molecule has 1 amide bonds. The average molecular weight is 291 g/mol. The number of nitrogens with zero attached hydrogens (tertiary/aromatic N) is 1. The van der Waals surface area contributed by atoms with E-state index in [0.717, 1.165) is 5.56 Å². The molecule has 1 aromatic rings. The first-order valence-electron chi connectivity index (χ1n) is 7.03. The molecule has 1 heterocycles. The summed E-state index contributed by atoms with van der Waals surface area (Å²) < 4.78 is 10.5. The Morgan fingerprint density at radius 2 is 1.81 bits per heavy atom. The second-order valence-corrected chi connectivity index (χ2v) is 6.18. The first-order valence-corrected chi connectivity index (χ1v) is 7.03. The van der Waals surface area contributed by atoms with Crippen LogP contribution in [-0.2, 0) is 20.9 Å². The fraction of sp³-hybridized carbons (Fsp3) is 0.500. The van der Waals surface area contributed by atoms with Crippen molar-refractivity contribution in [3.8, 4) is 0 Å². The van der Waals surface area contributed by atoms with Gasteiger partial charge in [0.15, 0.2) is 0 Å². The van der Waals surface area contributed by atoms with E-state index in [2.05, 4.69) is 0 Å². The van der Waals surface area contributed by atoms with E-state index in [-0.39, 0.29) is 18.5 Å². The van der Waals surface area contributed by atoms with Crippen LogP contribution in [0.5, 0.6) is 0 Å². The van der Waals surface area contributed by atoms with Gasteiger partial charge in [0.05, 0.1) is 5.92 Å². The Morgan fingerprint density at radius 1 is 1.19 bits per heavy atom. The third-order valence-corrected chi connectivity index (χ3v) is 3.08. The van der Waals surface area contributed by atoms with Crippen LogP contribution in [0.1, 0.15) is 26.3 Å². The minimum Gasteiger partial charge on any atom is -0.460 e. The van der Waals surface area contributed by atoms with Crippen LogP contribution in [0.15, 0.2) is 30.3 Å². The van der Waals surface area contributed by atoms with Gasteiger partial charge in [-0.1, -0.05) is 30.3 Å². The number of hydrogen-bond acceptors (Lipinski definition) is 4. The number of rotatable bonds is 3. The summed E-state index contributed by atoms with van der Waals surface area (Å²) in [7, 11) is 0. The van der Waals surface area contributed by atoms with E-state index in [1.54, 1.807) is 0 Å². The molecular weight excluding hydrogens is 270 g/mol. The maximum Gasteiger partial charge on any atom is 0.410 e. The molecule has 1 aliphatic rings. The van der Waals surface area contributed by atoms with Crippen LogP contribution < -0.4 is 0 Å². The third-order valence-electron chi connectivity index (χ3n) is 3.08. The molecule has 0 saturated carbocycles. The molecular formula is C16H21NO4. The summed E-state index contributed by atoms with van der Waals surface area (Å²) in [4.78, 5) is 25.1. The van der Waals surface area contributed by atoms with Crippen molar-refractivity contribution in [3.63, 3.8) is 0 Å². The monoisotopic (exact) mass is 291 g/mol. The molecule has 0 atom stereocenters. The van der Waals surface area contributed by atoms with Gasteiger partial charge in [0.2, 0.25) is 0 Å². The van der Waals surface area contributed by atoms with E-state index in [1.165, 1.54) is 4.90 Å². The Kier molecular flexibility index (Phi) is 4.50. The van der Waals surface area contributed by atoms with Gasteiger partial charge in [-0.25, -0.2) is 4.79 Å². The number of carbonyl (C=O) groups excluding carboxylic acids is 2. The predicted octanol–water partition coefficient (Wildman–Crippen LogP) is 2.60. The van der Waals surface area contributed by atoms with Gasteiger partial charge in [-0.05, 0) is 26.3 Å². The van der Waals surface area contributed by atoms with Crippen molar-refractivity contribution in [1.82, 2.24) is 4.90 Å². The maximum atomic E-state index is 11.8. The van der Waals surface area contributed by atoms with Gasteiger partial charge in [0.1, 0.15) is 12.2 Å². The van der Waals surface area contributed by atoms with Crippen LogP contribution in [-0.4, -0.2) is 35.7 Å². The van der Waals surface area contributed by atoms with Crippen molar-refractivity contribution in [2.75, 3.05) is 13.1 Å². The highest BCUT2D eigenvalue weighted by molar-refractivity contribution is 5.78. The van der Waals surface area contributed by atoms with E-state index >= 15 is 0 Å². The summed E-state index contributed by atoms with van der Waals surface area (Å²) in [6.07, 6.45) is -0.390. The molecule has 5 nitrogen and oxygen atoms in total. The van der Waals surface area contributed by atoms with Gasteiger partial charge in [0.25, 0.3) is 0 Å². The zero-order chi connectivity index (χ0) is 15.5. The summed E-state index contributed by atoms with van der Waals surface area (Å²) >= 11 is 0. The lowest BCUT2D eigenvalue weighted by molar-refractivity contribution is -0.164. The molecule has 1 fully saturated rings. The van der Waals surface area contributed by atoms with E-state index in [0.29, 0.717) is 13.1 Å². The largest absolute Gasteiger partial charge is 0.460 e. The quantitative estimate of drug-likeness (QED) is 0.803. The zero-order valence-electron chi connectivity index (χ0n) is 12.7. The van der Waals surface area contributed by atoms with Crippen LogP contribution in [0.4, 0.5) is 4.79 Å². The van der Waals surface area contributed by atoms with Gasteiger partial charge in [-0.3, -0.25) is 4.79 Å². The minimum absolute atomic E-state index is 0.242. The normalized spacial score (nSPS) is 15.3. The molecule has 114 valence electrons. The zero-order valence-corrected chi connectivity index (χ0v) is 12.7. The third kappa shape index (κ3) is 4.48. The van der Waals surface area contributed by atoms with Crippen LogP contribution in [0.2, 0.25) is 0 Å². The van der Waals surface area contributed by atoms with Crippen molar-refractivity contribution in [2.24, 2.45) is 5.92 Å². The molecule has 0 unspecified atom stereocenters. The first kappa shape index (κ1) is 15.4. The summed E-state index contributed by atoms with van der Waals surface area (Å²) in [6.45, 7) is 6.46. The van der Waals surface area contributed by atoms with Gasteiger partial charge in [-0.15, -0.1) is 0 Å². The summed E-state index contributed by atoms with van der Waals surface area (Å²) in [5.74, 6) is -0.497. The van der Waals surface area contributed by atoms with E-state index in [4.69, 9.17) is 9.47 Å².